The van der Waals surface area contributed by atoms with Crippen molar-refractivity contribution >= 4 is 103 Å². The highest BCUT2D eigenvalue weighted by Gasteiger charge is 2.27. The molecular formula is C48H27N5. The number of hydrogen-bond acceptors (Lipinski definition) is 2. The Kier molecular flexibility index (Phi) is 5.06. The third-order valence-corrected chi connectivity index (χ3v) is 11.6. The Hall–Kier alpha value is -7.24. The van der Waals surface area contributed by atoms with Crippen LogP contribution in [0.1, 0.15) is 0 Å². The van der Waals surface area contributed by atoms with Gasteiger partial charge in [0.05, 0.1) is 38.6 Å². The van der Waals surface area contributed by atoms with E-state index >= 15 is 0 Å². The summed E-state index contributed by atoms with van der Waals surface area (Å²) >= 11 is 0. The second kappa shape index (κ2) is 9.75. The lowest BCUT2D eigenvalue weighted by Gasteiger charge is -2.14. The predicted octanol–water partition coefficient (Wildman–Crippen LogP) is 12.1. The fraction of sp³-hybridized carbons (Fsp3) is 0. The molecule has 244 valence electrons. The van der Waals surface area contributed by atoms with E-state index in [-0.39, 0.29) is 0 Å². The molecule has 5 heteroatoms. The highest BCUT2D eigenvalue weighted by molar-refractivity contribution is 6.37. The van der Waals surface area contributed by atoms with E-state index in [1.54, 1.807) is 0 Å². The van der Waals surface area contributed by atoms with Gasteiger partial charge in [0.15, 0.2) is 11.6 Å². The van der Waals surface area contributed by atoms with Crippen molar-refractivity contribution in [2.45, 2.75) is 0 Å². The third kappa shape index (κ3) is 3.33. The molecule has 0 amide bonds. The van der Waals surface area contributed by atoms with E-state index in [4.69, 9.17) is 10.2 Å². The molecule has 0 aliphatic carbocycles. The first kappa shape index (κ1) is 27.5. The van der Waals surface area contributed by atoms with Crippen LogP contribution in [0.25, 0.3) is 115 Å². The molecule has 0 radical (unpaired) electrons. The maximum atomic E-state index is 5.24. The van der Waals surface area contributed by atoms with Crippen molar-refractivity contribution in [3.8, 4) is 11.6 Å². The van der Waals surface area contributed by atoms with Crippen molar-refractivity contribution in [3.63, 3.8) is 0 Å². The van der Waals surface area contributed by atoms with Crippen LogP contribution in [0.15, 0.2) is 164 Å². The van der Waals surface area contributed by atoms with Gasteiger partial charge in [0.1, 0.15) is 0 Å². The number of benzene rings is 8. The fourth-order valence-electron chi connectivity index (χ4n) is 9.54. The lowest BCUT2D eigenvalue weighted by molar-refractivity contribution is 0.930. The lowest BCUT2D eigenvalue weighted by atomic mass is 9.99. The third-order valence-electron chi connectivity index (χ3n) is 11.6. The van der Waals surface area contributed by atoms with Crippen LogP contribution in [-0.4, -0.2) is 23.7 Å². The fourth-order valence-corrected chi connectivity index (χ4v) is 9.54. The molecule has 0 aliphatic rings. The first-order chi connectivity index (χ1) is 26.3. The quantitative estimate of drug-likeness (QED) is 0.183. The monoisotopic (exact) mass is 673 g/mol. The van der Waals surface area contributed by atoms with Crippen molar-refractivity contribution in [1.29, 1.82) is 0 Å². The Labute approximate surface area is 301 Å². The van der Waals surface area contributed by atoms with Crippen LogP contribution in [0.5, 0.6) is 0 Å². The maximum absolute atomic E-state index is 5.24. The van der Waals surface area contributed by atoms with Crippen molar-refractivity contribution in [3.05, 3.63) is 164 Å². The first-order valence-corrected chi connectivity index (χ1v) is 18.1. The molecule has 0 saturated heterocycles. The Bertz CT molecular complexity index is 3640. The van der Waals surface area contributed by atoms with Gasteiger partial charge in [-0.1, -0.05) is 127 Å². The number of aromatic nitrogens is 5. The topological polar surface area (TPSA) is 40.1 Å². The zero-order valence-electron chi connectivity index (χ0n) is 28.3. The molecule has 13 aromatic rings. The van der Waals surface area contributed by atoms with Gasteiger partial charge in [-0.15, -0.1) is 10.2 Å². The minimum Gasteiger partial charge on any atom is -0.308 e. The molecular weight excluding hydrogens is 647 g/mol. The van der Waals surface area contributed by atoms with Gasteiger partial charge in [-0.25, -0.2) is 0 Å². The first-order valence-electron chi connectivity index (χ1n) is 18.1. The average molecular weight is 674 g/mol. The molecule has 0 aliphatic heterocycles. The normalized spacial score (nSPS) is 12.5. The summed E-state index contributed by atoms with van der Waals surface area (Å²) in [5.74, 6) is 1.65. The van der Waals surface area contributed by atoms with Crippen LogP contribution in [0.2, 0.25) is 0 Å². The molecule has 0 bridgehead atoms. The predicted molar refractivity (Wildman–Crippen MR) is 220 cm³/mol. The van der Waals surface area contributed by atoms with E-state index in [2.05, 4.69) is 177 Å². The van der Waals surface area contributed by atoms with Gasteiger partial charge in [0.25, 0.3) is 0 Å². The van der Waals surface area contributed by atoms with Crippen LogP contribution in [-0.2, 0) is 0 Å². The van der Waals surface area contributed by atoms with Crippen molar-refractivity contribution in [2.75, 3.05) is 0 Å². The number of rotatable bonds is 2. The molecule has 0 fully saturated rings. The molecule has 8 aromatic carbocycles. The van der Waals surface area contributed by atoms with E-state index in [1.807, 2.05) is 0 Å². The summed E-state index contributed by atoms with van der Waals surface area (Å²) in [5.41, 5.74) is 8.18. The molecule has 0 atom stereocenters. The molecule has 0 spiro atoms. The summed E-state index contributed by atoms with van der Waals surface area (Å²) in [7, 11) is 0. The molecule has 5 nitrogen and oxygen atoms in total. The van der Waals surface area contributed by atoms with Crippen molar-refractivity contribution in [2.24, 2.45) is 0 Å². The average Bonchev–Trinajstić information content (AvgIpc) is 3.95. The van der Waals surface area contributed by atoms with Gasteiger partial charge in [0, 0.05) is 53.9 Å². The molecule has 13 rings (SSSR count). The van der Waals surface area contributed by atoms with Crippen LogP contribution < -0.4 is 0 Å². The largest absolute Gasteiger partial charge is 0.308 e. The van der Waals surface area contributed by atoms with Gasteiger partial charge >= 0.3 is 0 Å². The molecule has 0 saturated carbocycles. The van der Waals surface area contributed by atoms with E-state index < -0.39 is 0 Å². The summed E-state index contributed by atoms with van der Waals surface area (Å²) in [6, 6.07) is 59.2. The van der Waals surface area contributed by atoms with Gasteiger partial charge in [-0.3, -0.25) is 9.13 Å². The summed E-state index contributed by atoms with van der Waals surface area (Å²) in [6.45, 7) is 0. The van der Waals surface area contributed by atoms with Crippen LogP contribution >= 0.6 is 0 Å². The molecule has 53 heavy (non-hydrogen) atoms. The Morgan fingerprint density at radius 2 is 0.755 bits per heavy atom. The number of nitrogens with zero attached hydrogens (tertiary/aromatic N) is 5. The highest BCUT2D eigenvalue weighted by Crippen LogP contribution is 2.48. The Balaban J connectivity index is 1.25. The number of para-hydroxylation sites is 4. The van der Waals surface area contributed by atoms with E-state index in [1.165, 1.54) is 70.4 Å². The van der Waals surface area contributed by atoms with Gasteiger partial charge in [0.2, 0.25) is 0 Å². The Morgan fingerprint density at radius 3 is 1.40 bits per heavy atom. The second-order valence-electron chi connectivity index (χ2n) is 14.2. The highest BCUT2D eigenvalue weighted by atomic mass is 15.3. The standard InChI is InChI=1S/C48H27N5/c1-2-14-29-28(13-1)25-26-42-43(29)44-45-36(32-17-7-9-21-38(32)51(42)45)27-37-33-18-8-12-24-41(33)53(46(37)44)48-35-20-4-3-19-34(35)47(49-50-48)52-39-22-10-5-15-30(39)31-16-6-11-23-40(31)52/h1-27H. The van der Waals surface area contributed by atoms with Gasteiger partial charge in [-0.2, -0.15) is 0 Å². The number of hydrogen-bond donors (Lipinski definition) is 0. The lowest BCUT2D eigenvalue weighted by Crippen LogP contribution is -2.06. The smallest absolute Gasteiger partial charge is 0.168 e. The van der Waals surface area contributed by atoms with Crippen LogP contribution in [0.3, 0.4) is 0 Å². The summed E-state index contributed by atoms with van der Waals surface area (Å²) in [5, 5.41) is 24.8. The summed E-state index contributed by atoms with van der Waals surface area (Å²) in [6.07, 6.45) is 0. The summed E-state index contributed by atoms with van der Waals surface area (Å²) in [4.78, 5) is 0. The van der Waals surface area contributed by atoms with Crippen molar-refractivity contribution < 1.29 is 0 Å². The zero-order chi connectivity index (χ0) is 34.4. The van der Waals surface area contributed by atoms with E-state index in [0.717, 1.165) is 44.5 Å². The van der Waals surface area contributed by atoms with Gasteiger partial charge < -0.3 is 4.40 Å². The van der Waals surface area contributed by atoms with Crippen molar-refractivity contribution in [1.82, 2.24) is 23.7 Å². The van der Waals surface area contributed by atoms with E-state index in [9.17, 15) is 0 Å². The summed E-state index contributed by atoms with van der Waals surface area (Å²) < 4.78 is 7.15. The zero-order valence-corrected chi connectivity index (χ0v) is 28.3. The number of fused-ring (bicyclic) bond motifs is 16. The van der Waals surface area contributed by atoms with Crippen LogP contribution in [0.4, 0.5) is 0 Å². The molecule has 5 aromatic heterocycles. The molecule has 5 heterocycles. The second-order valence-corrected chi connectivity index (χ2v) is 14.2. The molecule has 0 unspecified atom stereocenters. The molecule has 0 N–H and O–H groups in total. The maximum Gasteiger partial charge on any atom is 0.168 e. The van der Waals surface area contributed by atoms with E-state index in [0.29, 0.717) is 0 Å². The van der Waals surface area contributed by atoms with Gasteiger partial charge in [-0.05, 0) is 47.2 Å². The van der Waals surface area contributed by atoms with Crippen LogP contribution in [0, 0.1) is 0 Å². The minimum absolute atomic E-state index is 0.822. The Morgan fingerprint density at radius 1 is 0.302 bits per heavy atom. The SMILES string of the molecule is c1ccc2c(c1)ccc1c2c2c3c(cc4c5ccccc5n1c42)c1ccccc1n3-c1nnc(-n2c3ccccc3c3ccccc32)c2ccccc12. The minimum atomic E-state index is 0.822.